The van der Waals surface area contributed by atoms with Crippen LogP contribution in [-0.2, 0) is 4.75 Å². The molecular formula is C9H10BrFS. The standard InChI is InChI=1S/C9H10BrFS/c1-9(2,12)7-5-6(10)3-4-8(7)11/h3-5,12H,1-2H3. The normalized spacial score (nSPS) is 11.8. The first kappa shape index (κ1) is 10.1. The van der Waals surface area contributed by atoms with Crippen molar-refractivity contribution >= 4 is 28.6 Å². The first-order valence-corrected chi connectivity index (χ1v) is 4.83. The molecule has 0 unspecified atom stereocenters. The molecule has 0 nitrogen and oxygen atoms in total. The second-order valence-corrected chi connectivity index (χ2v) is 5.22. The predicted octanol–water partition coefficient (Wildman–Crippen LogP) is 3.75. The van der Waals surface area contributed by atoms with E-state index in [4.69, 9.17) is 0 Å². The van der Waals surface area contributed by atoms with Crippen molar-refractivity contribution in [3.8, 4) is 0 Å². The fraction of sp³-hybridized carbons (Fsp3) is 0.333. The molecule has 0 saturated carbocycles. The molecule has 0 saturated heterocycles. The average molecular weight is 249 g/mol. The Morgan fingerprint density at radius 1 is 1.42 bits per heavy atom. The molecule has 0 fully saturated rings. The summed E-state index contributed by atoms with van der Waals surface area (Å²) in [7, 11) is 0. The monoisotopic (exact) mass is 248 g/mol. The van der Waals surface area contributed by atoms with Crippen LogP contribution in [0.25, 0.3) is 0 Å². The van der Waals surface area contributed by atoms with E-state index in [-0.39, 0.29) is 5.82 Å². The van der Waals surface area contributed by atoms with Crippen molar-refractivity contribution in [2.24, 2.45) is 0 Å². The quantitative estimate of drug-likeness (QED) is 0.720. The molecule has 0 aromatic heterocycles. The van der Waals surface area contributed by atoms with Gasteiger partial charge in [0.25, 0.3) is 0 Å². The molecule has 0 amide bonds. The zero-order valence-electron chi connectivity index (χ0n) is 6.94. The van der Waals surface area contributed by atoms with E-state index < -0.39 is 4.75 Å². The summed E-state index contributed by atoms with van der Waals surface area (Å²) < 4.78 is 13.6. The molecule has 66 valence electrons. The number of thiol groups is 1. The Balaban J connectivity index is 3.23. The topological polar surface area (TPSA) is 0 Å². The first-order chi connectivity index (χ1) is 5.41. The minimum atomic E-state index is -0.437. The number of hydrogen-bond acceptors (Lipinski definition) is 1. The zero-order chi connectivity index (χ0) is 9.35. The van der Waals surface area contributed by atoms with Crippen LogP contribution < -0.4 is 0 Å². The van der Waals surface area contributed by atoms with Gasteiger partial charge in [-0.05, 0) is 32.0 Å². The van der Waals surface area contributed by atoms with Crippen molar-refractivity contribution in [3.63, 3.8) is 0 Å². The smallest absolute Gasteiger partial charge is 0.127 e. The highest BCUT2D eigenvalue weighted by atomic mass is 79.9. The Morgan fingerprint density at radius 2 is 2.00 bits per heavy atom. The molecule has 0 atom stereocenters. The molecule has 12 heavy (non-hydrogen) atoms. The van der Waals surface area contributed by atoms with Gasteiger partial charge in [0.2, 0.25) is 0 Å². The van der Waals surface area contributed by atoms with E-state index >= 15 is 0 Å². The average Bonchev–Trinajstić information content (AvgIpc) is 1.92. The van der Waals surface area contributed by atoms with Gasteiger partial charge in [-0.15, -0.1) is 0 Å². The maximum atomic E-state index is 13.2. The summed E-state index contributed by atoms with van der Waals surface area (Å²) in [6, 6.07) is 4.87. The zero-order valence-corrected chi connectivity index (χ0v) is 9.42. The van der Waals surface area contributed by atoms with E-state index in [0.29, 0.717) is 5.56 Å². The lowest BCUT2D eigenvalue weighted by molar-refractivity contribution is 0.587. The molecule has 3 heteroatoms. The van der Waals surface area contributed by atoms with Crippen LogP contribution in [0, 0.1) is 5.82 Å². The van der Waals surface area contributed by atoms with Gasteiger partial charge in [-0.1, -0.05) is 15.9 Å². The predicted molar refractivity (Wildman–Crippen MR) is 56.1 cm³/mol. The molecule has 1 aromatic carbocycles. The van der Waals surface area contributed by atoms with Crippen LogP contribution in [0.4, 0.5) is 4.39 Å². The molecule has 0 radical (unpaired) electrons. The van der Waals surface area contributed by atoms with E-state index in [2.05, 4.69) is 28.6 Å². The Bertz CT molecular complexity index is 291. The molecule has 0 heterocycles. The van der Waals surface area contributed by atoms with Crippen LogP contribution in [0.2, 0.25) is 0 Å². The molecule has 0 bridgehead atoms. The Hall–Kier alpha value is -0.0200. The molecule has 0 spiro atoms. The van der Waals surface area contributed by atoms with Gasteiger partial charge in [0.05, 0.1) is 0 Å². The largest absolute Gasteiger partial charge is 0.207 e. The summed E-state index contributed by atoms with van der Waals surface area (Å²) in [6.45, 7) is 3.72. The van der Waals surface area contributed by atoms with E-state index in [9.17, 15) is 4.39 Å². The summed E-state index contributed by atoms with van der Waals surface area (Å²) in [5, 5.41) is 0. The fourth-order valence-electron chi connectivity index (χ4n) is 0.966. The van der Waals surface area contributed by atoms with Gasteiger partial charge >= 0.3 is 0 Å². The van der Waals surface area contributed by atoms with E-state index in [1.807, 2.05) is 13.8 Å². The lowest BCUT2D eigenvalue weighted by Crippen LogP contribution is -2.10. The van der Waals surface area contributed by atoms with Gasteiger partial charge in [-0.2, -0.15) is 12.6 Å². The van der Waals surface area contributed by atoms with Gasteiger partial charge in [-0.3, -0.25) is 0 Å². The lowest BCUT2D eigenvalue weighted by Gasteiger charge is -2.18. The van der Waals surface area contributed by atoms with E-state index in [0.717, 1.165) is 4.47 Å². The van der Waals surface area contributed by atoms with Crippen LogP contribution in [0.1, 0.15) is 19.4 Å². The third-order valence-electron chi connectivity index (χ3n) is 1.59. The number of halogens is 2. The van der Waals surface area contributed by atoms with Crippen molar-refractivity contribution in [2.45, 2.75) is 18.6 Å². The van der Waals surface area contributed by atoms with Crippen molar-refractivity contribution in [2.75, 3.05) is 0 Å². The van der Waals surface area contributed by atoms with Crippen molar-refractivity contribution in [1.29, 1.82) is 0 Å². The molecule has 0 aliphatic carbocycles. The molecular weight excluding hydrogens is 239 g/mol. The SMILES string of the molecule is CC(C)(S)c1cc(Br)ccc1F. The third kappa shape index (κ3) is 2.23. The first-order valence-electron chi connectivity index (χ1n) is 3.59. The minimum absolute atomic E-state index is 0.210. The number of hydrogen-bond donors (Lipinski definition) is 1. The van der Waals surface area contributed by atoms with E-state index in [1.54, 1.807) is 12.1 Å². The maximum Gasteiger partial charge on any atom is 0.127 e. The van der Waals surface area contributed by atoms with Crippen molar-refractivity contribution in [3.05, 3.63) is 34.1 Å². The highest BCUT2D eigenvalue weighted by molar-refractivity contribution is 9.10. The van der Waals surface area contributed by atoms with Crippen LogP contribution in [0.5, 0.6) is 0 Å². The second-order valence-electron chi connectivity index (χ2n) is 3.18. The van der Waals surface area contributed by atoms with Gasteiger partial charge < -0.3 is 0 Å². The second kappa shape index (κ2) is 3.38. The highest BCUT2D eigenvalue weighted by Gasteiger charge is 2.19. The van der Waals surface area contributed by atoms with Crippen molar-refractivity contribution < 1.29 is 4.39 Å². The minimum Gasteiger partial charge on any atom is -0.207 e. The van der Waals surface area contributed by atoms with Crippen LogP contribution in [0.3, 0.4) is 0 Å². The summed E-state index contributed by atoms with van der Waals surface area (Å²) in [6.07, 6.45) is 0. The van der Waals surface area contributed by atoms with Gasteiger partial charge in [0.1, 0.15) is 5.82 Å². The Kier molecular flexibility index (Phi) is 2.84. The summed E-state index contributed by atoms with van der Waals surface area (Å²) >= 11 is 7.59. The third-order valence-corrected chi connectivity index (χ3v) is 2.32. The fourth-order valence-corrected chi connectivity index (χ4v) is 1.50. The Labute approximate surface area is 85.7 Å². The highest BCUT2D eigenvalue weighted by Crippen LogP contribution is 2.31. The summed E-state index contributed by atoms with van der Waals surface area (Å²) in [5.74, 6) is -0.210. The van der Waals surface area contributed by atoms with E-state index in [1.165, 1.54) is 6.07 Å². The van der Waals surface area contributed by atoms with Gasteiger partial charge in [0, 0.05) is 14.8 Å². The van der Waals surface area contributed by atoms with Gasteiger partial charge in [-0.25, -0.2) is 4.39 Å². The molecule has 1 aromatic rings. The Morgan fingerprint density at radius 3 is 2.42 bits per heavy atom. The number of benzene rings is 1. The molecule has 0 aliphatic heterocycles. The van der Waals surface area contributed by atoms with Crippen LogP contribution in [-0.4, -0.2) is 0 Å². The maximum absolute atomic E-state index is 13.2. The molecule has 0 N–H and O–H groups in total. The van der Waals surface area contributed by atoms with Crippen molar-refractivity contribution in [1.82, 2.24) is 0 Å². The summed E-state index contributed by atoms with van der Waals surface area (Å²) in [4.78, 5) is 0. The lowest BCUT2D eigenvalue weighted by atomic mass is 10.0. The molecule has 0 aliphatic rings. The van der Waals surface area contributed by atoms with Crippen LogP contribution >= 0.6 is 28.6 Å². The summed E-state index contributed by atoms with van der Waals surface area (Å²) in [5.41, 5.74) is 0.611. The van der Waals surface area contributed by atoms with Gasteiger partial charge in [0.15, 0.2) is 0 Å². The molecule has 1 rings (SSSR count). The van der Waals surface area contributed by atoms with Crippen LogP contribution in [0.15, 0.2) is 22.7 Å². The number of rotatable bonds is 1.